The Bertz CT molecular complexity index is 441. The van der Waals surface area contributed by atoms with Gasteiger partial charge in [-0.25, -0.2) is 14.8 Å². The van der Waals surface area contributed by atoms with Crippen molar-refractivity contribution in [2.24, 2.45) is 0 Å². The number of hydrogen-bond acceptors (Lipinski definition) is 4. The van der Waals surface area contributed by atoms with Gasteiger partial charge in [0.25, 0.3) is 5.91 Å². The highest BCUT2D eigenvalue weighted by molar-refractivity contribution is 6.01. The fraction of sp³-hybridized carbons (Fsp3) is 0.455. The van der Waals surface area contributed by atoms with E-state index in [0.29, 0.717) is 13.1 Å². The van der Waals surface area contributed by atoms with Crippen LogP contribution in [0.4, 0.5) is 0 Å². The van der Waals surface area contributed by atoms with Crippen LogP contribution >= 0.6 is 0 Å². The van der Waals surface area contributed by atoms with E-state index in [1.54, 1.807) is 4.90 Å². The van der Waals surface area contributed by atoms with Crippen LogP contribution in [0.1, 0.15) is 40.2 Å². The summed E-state index contributed by atoms with van der Waals surface area (Å²) in [6.07, 6.45) is 5.62. The molecule has 0 spiro atoms. The number of carboxylic acid groups (broad SMARTS) is 1. The summed E-state index contributed by atoms with van der Waals surface area (Å²) in [5.41, 5.74) is -0.343. The fourth-order valence-electron chi connectivity index (χ4n) is 1.90. The number of rotatable bonds is 2. The van der Waals surface area contributed by atoms with Crippen LogP contribution in [0.5, 0.6) is 0 Å². The summed E-state index contributed by atoms with van der Waals surface area (Å²) in [6, 6.07) is 0. The van der Waals surface area contributed by atoms with E-state index in [0.717, 1.165) is 19.3 Å². The topological polar surface area (TPSA) is 83.4 Å². The van der Waals surface area contributed by atoms with E-state index in [2.05, 4.69) is 9.97 Å². The molecule has 1 fully saturated rings. The first kappa shape index (κ1) is 11.5. The summed E-state index contributed by atoms with van der Waals surface area (Å²) in [5, 5.41) is 8.94. The number of aromatic nitrogens is 2. The molecule has 0 radical (unpaired) electrons. The SMILES string of the molecule is O=C(O)c1nccnc1C(=O)N1CCCCC1. The molecule has 1 amide bonds. The number of nitrogens with zero attached hydrogens (tertiary/aromatic N) is 3. The number of aromatic carboxylic acids is 1. The Morgan fingerprint density at radius 3 is 2.24 bits per heavy atom. The van der Waals surface area contributed by atoms with Crippen molar-refractivity contribution in [3.63, 3.8) is 0 Å². The van der Waals surface area contributed by atoms with Crippen LogP contribution < -0.4 is 0 Å². The second-order valence-corrected chi connectivity index (χ2v) is 3.91. The van der Waals surface area contributed by atoms with Gasteiger partial charge in [0.05, 0.1) is 0 Å². The fourth-order valence-corrected chi connectivity index (χ4v) is 1.90. The predicted octanol–water partition coefficient (Wildman–Crippen LogP) is 0.801. The summed E-state index contributed by atoms with van der Waals surface area (Å²) >= 11 is 0. The molecule has 1 aromatic heterocycles. The average Bonchev–Trinajstić information content (AvgIpc) is 2.39. The number of likely N-dealkylation sites (tertiary alicyclic amines) is 1. The van der Waals surface area contributed by atoms with Crippen LogP contribution in [0.15, 0.2) is 12.4 Å². The van der Waals surface area contributed by atoms with Gasteiger partial charge in [-0.05, 0) is 19.3 Å². The molecule has 0 atom stereocenters. The zero-order valence-corrected chi connectivity index (χ0v) is 9.30. The molecule has 1 aliphatic rings. The lowest BCUT2D eigenvalue weighted by Crippen LogP contribution is -2.37. The third-order valence-electron chi connectivity index (χ3n) is 2.75. The van der Waals surface area contributed by atoms with Crippen LogP contribution in [-0.2, 0) is 0 Å². The first-order chi connectivity index (χ1) is 8.20. The Labute approximate surface area is 98.3 Å². The third-order valence-corrected chi connectivity index (χ3v) is 2.75. The van der Waals surface area contributed by atoms with Gasteiger partial charge in [-0.2, -0.15) is 0 Å². The van der Waals surface area contributed by atoms with Crippen LogP contribution in [0, 0.1) is 0 Å². The molecular weight excluding hydrogens is 222 g/mol. The number of amides is 1. The molecule has 0 aromatic carbocycles. The molecule has 1 saturated heterocycles. The number of carbonyl (C=O) groups is 2. The summed E-state index contributed by atoms with van der Waals surface area (Å²) in [7, 11) is 0. The van der Waals surface area contributed by atoms with Crippen LogP contribution in [-0.4, -0.2) is 44.9 Å². The minimum atomic E-state index is -1.22. The molecule has 0 saturated carbocycles. The molecule has 6 heteroatoms. The number of hydrogen-bond donors (Lipinski definition) is 1. The molecule has 90 valence electrons. The van der Waals surface area contributed by atoms with Gasteiger partial charge in [-0.3, -0.25) is 4.79 Å². The molecule has 17 heavy (non-hydrogen) atoms. The predicted molar refractivity (Wildman–Crippen MR) is 58.7 cm³/mol. The maximum absolute atomic E-state index is 12.1. The molecule has 6 nitrogen and oxygen atoms in total. The van der Waals surface area contributed by atoms with E-state index in [4.69, 9.17) is 5.11 Å². The van der Waals surface area contributed by atoms with Gasteiger partial charge in [0, 0.05) is 25.5 Å². The standard InChI is InChI=1S/C11H13N3O3/c15-10(14-6-2-1-3-7-14)8-9(11(16)17)13-5-4-12-8/h4-5H,1-3,6-7H2,(H,16,17). The Balaban J connectivity index is 2.26. The van der Waals surface area contributed by atoms with Crippen molar-refractivity contribution >= 4 is 11.9 Å². The van der Waals surface area contributed by atoms with Crippen LogP contribution in [0.3, 0.4) is 0 Å². The lowest BCUT2D eigenvalue weighted by Gasteiger charge is -2.26. The molecule has 1 aromatic rings. The second kappa shape index (κ2) is 4.90. The molecule has 2 heterocycles. The molecule has 0 aliphatic carbocycles. The van der Waals surface area contributed by atoms with Gasteiger partial charge in [-0.15, -0.1) is 0 Å². The lowest BCUT2D eigenvalue weighted by atomic mass is 10.1. The van der Waals surface area contributed by atoms with E-state index in [1.807, 2.05) is 0 Å². The quantitative estimate of drug-likeness (QED) is 0.819. The summed E-state index contributed by atoms with van der Waals surface area (Å²) < 4.78 is 0. The van der Waals surface area contributed by atoms with Gasteiger partial charge in [-0.1, -0.05) is 0 Å². The van der Waals surface area contributed by atoms with E-state index in [-0.39, 0.29) is 17.3 Å². The first-order valence-electron chi connectivity index (χ1n) is 5.53. The van der Waals surface area contributed by atoms with Crippen molar-refractivity contribution in [1.29, 1.82) is 0 Å². The van der Waals surface area contributed by atoms with Crippen molar-refractivity contribution < 1.29 is 14.7 Å². The lowest BCUT2D eigenvalue weighted by molar-refractivity contribution is 0.0656. The van der Waals surface area contributed by atoms with E-state index in [9.17, 15) is 9.59 Å². The van der Waals surface area contributed by atoms with Gasteiger partial charge in [0.15, 0.2) is 11.4 Å². The summed E-state index contributed by atoms with van der Waals surface area (Å²) in [4.78, 5) is 32.2. The van der Waals surface area contributed by atoms with Gasteiger partial charge in [0.2, 0.25) is 0 Å². The van der Waals surface area contributed by atoms with Gasteiger partial charge < -0.3 is 10.0 Å². The van der Waals surface area contributed by atoms with Crippen molar-refractivity contribution in [1.82, 2.24) is 14.9 Å². The zero-order valence-electron chi connectivity index (χ0n) is 9.30. The smallest absolute Gasteiger partial charge is 0.356 e. The zero-order chi connectivity index (χ0) is 12.3. The second-order valence-electron chi connectivity index (χ2n) is 3.91. The normalized spacial score (nSPS) is 15.6. The highest BCUT2D eigenvalue weighted by Crippen LogP contribution is 2.13. The van der Waals surface area contributed by atoms with Crippen molar-refractivity contribution in [3.05, 3.63) is 23.8 Å². The Morgan fingerprint density at radius 1 is 1.06 bits per heavy atom. The third kappa shape index (κ3) is 2.41. The largest absolute Gasteiger partial charge is 0.476 e. The number of carbonyl (C=O) groups excluding carboxylic acids is 1. The minimum Gasteiger partial charge on any atom is -0.476 e. The van der Waals surface area contributed by atoms with Crippen molar-refractivity contribution in [2.45, 2.75) is 19.3 Å². The maximum Gasteiger partial charge on any atom is 0.356 e. The summed E-state index contributed by atoms with van der Waals surface area (Å²) in [5.74, 6) is -1.56. The molecule has 0 unspecified atom stereocenters. The Morgan fingerprint density at radius 2 is 1.65 bits per heavy atom. The van der Waals surface area contributed by atoms with Crippen molar-refractivity contribution in [2.75, 3.05) is 13.1 Å². The van der Waals surface area contributed by atoms with E-state index < -0.39 is 5.97 Å². The van der Waals surface area contributed by atoms with Gasteiger partial charge in [0.1, 0.15) is 0 Å². The van der Waals surface area contributed by atoms with Gasteiger partial charge >= 0.3 is 5.97 Å². The highest BCUT2D eigenvalue weighted by Gasteiger charge is 2.25. The van der Waals surface area contributed by atoms with Crippen LogP contribution in [0.2, 0.25) is 0 Å². The monoisotopic (exact) mass is 235 g/mol. The molecule has 1 N–H and O–H groups in total. The number of piperidine rings is 1. The van der Waals surface area contributed by atoms with E-state index >= 15 is 0 Å². The molecule has 0 bridgehead atoms. The average molecular weight is 235 g/mol. The Kier molecular flexibility index (Phi) is 3.32. The summed E-state index contributed by atoms with van der Waals surface area (Å²) in [6.45, 7) is 1.32. The molecule has 1 aliphatic heterocycles. The maximum atomic E-state index is 12.1. The first-order valence-corrected chi connectivity index (χ1v) is 5.53. The molecule has 2 rings (SSSR count). The minimum absolute atomic E-state index is 0.0677. The number of carboxylic acids is 1. The Hall–Kier alpha value is -1.98. The van der Waals surface area contributed by atoms with E-state index in [1.165, 1.54) is 12.4 Å². The van der Waals surface area contributed by atoms with Crippen LogP contribution in [0.25, 0.3) is 0 Å². The van der Waals surface area contributed by atoms with Crippen molar-refractivity contribution in [3.8, 4) is 0 Å². The highest BCUT2D eigenvalue weighted by atomic mass is 16.4. The molecular formula is C11H13N3O3.